The van der Waals surface area contributed by atoms with Crippen molar-refractivity contribution in [2.45, 2.75) is 49.3 Å². The van der Waals surface area contributed by atoms with Crippen LogP contribution in [-0.4, -0.2) is 169 Å². The normalized spacial score (nSPS) is 12.2. The highest BCUT2D eigenvalue weighted by atomic mass is 32.2. The Kier molecular flexibility index (Phi) is 15.1. The van der Waals surface area contributed by atoms with Crippen LogP contribution in [0.25, 0.3) is 68.1 Å². The molecule has 0 amide bonds. The summed E-state index contributed by atoms with van der Waals surface area (Å²) in [5.74, 6) is 0.500. The van der Waals surface area contributed by atoms with Crippen LogP contribution >= 0.6 is 47.0 Å². The average Bonchev–Trinajstić information content (AvgIpc) is 4.53. The molecule has 0 atom stereocenters. The van der Waals surface area contributed by atoms with Crippen molar-refractivity contribution >= 4 is 93.3 Å². The van der Waals surface area contributed by atoms with Gasteiger partial charge >= 0.3 is 0 Å². The third-order valence-electron chi connectivity index (χ3n) is 12.0. The number of ketones is 4. The van der Waals surface area contributed by atoms with E-state index in [-0.39, 0.29) is 76.0 Å². The number of carbonyl (C=O) groups excluding carboxylic acids is 4. The van der Waals surface area contributed by atoms with Gasteiger partial charge in [0.25, 0.3) is 23.1 Å². The first-order chi connectivity index (χ1) is 37.1. The molecule has 16 rings (SSSR count). The van der Waals surface area contributed by atoms with E-state index in [0.717, 1.165) is 51.1 Å². The van der Waals surface area contributed by atoms with Gasteiger partial charge in [0.15, 0.2) is 11.4 Å². The summed E-state index contributed by atoms with van der Waals surface area (Å²) in [6.45, 7) is 0. The number of hydrogen-bond donors (Lipinski definition) is 0. The number of nitrogens with zero attached hydrogens (tertiary/aromatic N) is 24. The van der Waals surface area contributed by atoms with Crippen molar-refractivity contribution < 1.29 is 19.2 Å². The maximum Gasteiger partial charge on any atom is 0.292 e. The highest BCUT2D eigenvalue weighted by Gasteiger charge is 2.35. The molecule has 32 heteroatoms. The van der Waals surface area contributed by atoms with Crippen LogP contribution in [0.3, 0.4) is 0 Å². The fraction of sp³-hybridized carbons (Fsp3) is 0.167. The number of rotatable bonds is 4. The van der Waals surface area contributed by atoms with Crippen LogP contribution in [0, 0.1) is 0 Å². The minimum absolute atomic E-state index is 0. The van der Waals surface area contributed by atoms with Gasteiger partial charge in [0.1, 0.15) is 34.2 Å². The summed E-state index contributed by atoms with van der Waals surface area (Å²) in [5.41, 5.74) is 9.05. The van der Waals surface area contributed by atoms with E-state index in [1.165, 1.54) is 9.26 Å². The van der Waals surface area contributed by atoms with Crippen molar-refractivity contribution in [3.05, 3.63) is 118 Å². The Morgan fingerprint density at radius 2 is 0.562 bits per heavy atom. The molecule has 0 aliphatic heterocycles. The third-order valence-corrected chi connectivity index (χ3v) is 14.9. The first kappa shape index (κ1) is 55.4. The van der Waals surface area contributed by atoms with Gasteiger partial charge in [-0.2, -0.15) is 0 Å². The van der Waals surface area contributed by atoms with Crippen molar-refractivity contribution in [1.82, 2.24) is 121 Å². The molecule has 12 aromatic rings. The van der Waals surface area contributed by atoms with Gasteiger partial charge in [-0.15, -0.1) is 67.4 Å². The lowest BCUT2D eigenvalue weighted by Gasteiger charge is -2.00. The number of tetrazole rings is 4. The lowest BCUT2D eigenvalue weighted by Crippen LogP contribution is -2.06. The molecule has 80 heavy (non-hydrogen) atoms. The molecular weight excluding hydrogens is 1100 g/mol. The zero-order valence-electron chi connectivity index (χ0n) is 38.9. The molecule has 4 aliphatic rings. The molecule has 0 N–H and O–H groups in total. The second kappa shape index (κ2) is 21.8. The Morgan fingerprint density at radius 1 is 0.300 bits per heavy atom. The van der Waals surface area contributed by atoms with Crippen LogP contribution in [0.1, 0.15) is 93.9 Å². The van der Waals surface area contributed by atoms with Crippen LogP contribution < -0.4 is 0 Å². The minimum Gasteiger partial charge on any atom is -0.287 e. The summed E-state index contributed by atoms with van der Waals surface area (Å²) in [7, 11) is 0. The van der Waals surface area contributed by atoms with E-state index in [0.29, 0.717) is 67.8 Å². The molecule has 0 unspecified atom stereocenters. The van der Waals surface area contributed by atoms with E-state index in [1.807, 2.05) is 85.7 Å². The Balaban J connectivity index is 0.000000127. The van der Waals surface area contributed by atoms with Crippen LogP contribution in [0.15, 0.2) is 92.4 Å². The summed E-state index contributed by atoms with van der Waals surface area (Å²) >= 11 is 6.39. The van der Waals surface area contributed by atoms with Gasteiger partial charge in [-0.25, -0.2) is 19.9 Å². The van der Waals surface area contributed by atoms with E-state index >= 15 is 0 Å². The standard InChI is InChI=1S/4C11H6N6OS.4CH4/c1-19-5-2-3-6-7(4-5)8-9(10(6)18)12-11-13-15-16-17(11)14-8;1-19-5-2-3-6-7(4-5)8-9(10(6)18)14-17-11(12-8)13-15-16-17;1-19-5-2-3-6-7(4-5)10(18)9-8(6)14-17-11(12-9)13-15-16-17;1-19-5-2-3-6-7(4-5)10(18)9-8(6)12-11-13-15-16-17(11)14-9;;;;/h4*2-4H,1H3;4*1H4. The van der Waals surface area contributed by atoms with Crippen LogP contribution in [0.2, 0.25) is 0 Å². The quantitative estimate of drug-likeness (QED) is 0.184. The number of carbonyl (C=O) groups is 4. The van der Waals surface area contributed by atoms with Gasteiger partial charge in [-0.3, -0.25) is 19.2 Å². The molecule has 4 aliphatic carbocycles. The number of hydrogen-bond acceptors (Lipinski definition) is 28. The van der Waals surface area contributed by atoms with Gasteiger partial charge in [-0.05, 0) is 127 Å². The van der Waals surface area contributed by atoms with Crippen LogP contribution in [0.4, 0.5) is 0 Å². The molecule has 0 radical (unpaired) electrons. The second-order valence-electron chi connectivity index (χ2n) is 16.1. The van der Waals surface area contributed by atoms with Gasteiger partial charge in [-0.1, -0.05) is 80.8 Å². The van der Waals surface area contributed by atoms with E-state index < -0.39 is 0 Å². The fourth-order valence-corrected chi connectivity index (χ4v) is 10.2. The van der Waals surface area contributed by atoms with Crippen molar-refractivity contribution in [2.75, 3.05) is 25.0 Å². The Labute approximate surface area is 468 Å². The van der Waals surface area contributed by atoms with E-state index in [2.05, 4.69) is 102 Å². The van der Waals surface area contributed by atoms with Crippen molar-refractivity contribution in [1.29, 1.82) is 0 Å². The predicted octanol–water partition coefficient (Wildman–Crippen LogP) is 5.93. The molecule has 4 aromatic carbocycles. The zero-order chi connectivity index (χ0) is 51.9. The molecule has 0 spiro atoms. The number of benzene rings is 4. The predicted molar refractivity (Wildman–Crippen MR) is 295 cm³/mol. The van der Waals surface area contributed by atoms with Crippen molar-refractivity contribution in [3.8, 4) is 45.0 Å². The summed E-state index contributed by atoms with van der Waals surface area (Å²) < 4.78 is 4.78. The molecule has 8 aromatic heterocycles. The average molecular weight is 1150 g/mol. The van der Waals surface area contributed by atoms with Gasteiger partial charge < -0.3 is 0 Å². The van der Waals surface area contributed by atoms with Crippen LogP contribution in [-0.2, 0) is 0 Å². The highest BCUT2D eigenvalue weighted by molar-refractivity contribution is 7.99. The van der Waals surface area contributed by atoms with Crippen molar-refractivity contribution in [2.24, 2.45) is 0 Å². The Hall–Kier alpha value is -9.40. The lowest BCUT2D eigenvalue weighted by atomic mass is 10.1. The number of aromatic nitrogens is 24. The molecular formula is C48H40N24O4S4. The molecule has 0 saturated carbocycles. The largest absolute Gasteiger partial charge is 0.292 e. The first-order valence-corrected chi connectivity index (χ1v) is 26.8. The minimum atomic E-state index is -0.137. The summed E-state index contributed by atoms with van der Waals surface area (Å²) in [5, 5.41) is 60.3. The molecule has 28 nitrogen and oxygen atoms in total. The third kappa shape index (κ3) is 9.00. The zero-order valence-corrected chi connectivity index (χ0v) is 42.2. The lowest BCUT2D eigenvalue weighted by molar-refractivity contribution is 0.102. The fourth-order valence-electron chi connectivity index (χ4n) is 8.47. The summed E-state index contributed by atoms with van der Waals surface area (Å²) in [4.78, 5) is 70.4. The highest BCUT2D eigenvalue weighted by Crippen LogP contribution is 2.39. The summed E-state index contributed by atoms with van der Waals surface area (Å²) in [6, 6.07) is 22.7. The van der Waals surface area contributed by atoms with Crippen molar-refractivity contribution in [3.63, 3.8) is 0 Å². The molecule has 0 fully saturated rings. The molecule has 8 heterocycles. The molecule has 0 saturated heterocycles. The van der Waals surface area contributed by atoms with E-state index in [1.54, 1.807) is 59.2 Å². The van der Waals surface area contributed by atoms with E-state index in [9.17, 15) is 19.2 Å². The second-order valence-corrected chi connectivity index (χ2v) is 19.6. The first-order valence-electron chi connectivity index (χ1n) is 21.9. The molecule has 0 bridgehead atoms. The monoisotopic (exact) mass is 1140 g/mol. The Bertz CT molecular complexity index is 4220. The maximum absolute atomic E-state index is 12.3. The maximum atomic E-state index is 12.3. The smallest absolute Gasteiger partial charge is 0.287 e. The Morgan fingerprint density at radius 3 is 0.950 bits per heavy atom. The van der Waals surface area contributed by atoms with E-state index in [4.69, 9.17) is 0 Å². The van der Waals surface area contributed by atoms with Crippen LogP contribution in [0.5, 0.6) is 0 Å². The number of thioether (sulfide) groups is 4. The molecule has 400 valence electrons. The topological polar surface area (TPSA) is 344 Å². The van der Waals surface area contributed by atoms with Gasteiger partial charge in [0, 0.05) is 64.1 Å². The van der Waals surface area contributed by atoms with Gasteiger partial charge in [0.05, 0.1) is 0 Å². The SMILES string of the molecule is C.C.C.C.CSc1ccc2c(c1)-c1nc3nnnn3nc1C2=O.CSc1ccc2c(c1)-c1nn3nnnc3nc1C2=O.CSc1ccc2c(c1)C(=O)c1nc3nnnn3nc1-2.CSc1ccc2c(c1)C(=O)c1nn3nnnc3nc1-2. The summed E-state index contributed by atoms with van der Waals surface area (Å²) in [6.07, 6.45) is 7.90. The number of fused-ring (bicyclic) bond motifs is 16. The van der Waals surface area contributed by atoms with Gasteiger partial charge in [0.2, 0.25) is 23.1 Å².